The number of fused-ring (bicyclic) bond motifs is 2. The van der Waals surface area contributed by atoms with Crippen molar-refractivity contribution in [2.45, 2.75) is 6.92 Å². The first-order valence-electron chi connectivity index (χ1n) is 6.51. The lowest BCUT2D eigenvalue weighted by Gasteiger charge is -1.96. The number of rotatable bonds is 2. The maximum absolute atomic E-state index is 5.23. The third-order valence-electron chi connectivity index (χ3n) is 3.27. The number of aromatic nitrogens is 4. The van der Waals surface area contributed by atoms with E-state index in [1.165, 1.54) is 0 Å². The fourth-order valence-corrected chi connectivity index (χ4v) is 3.12. The van der Waals surface area contributed by atoms with E-state index >= 15 is 0 Å². The molecule has 4 aromatic rings. The second-order valence-electron chi connectivity index (χ2n) is 4.76. The third-order valence-corrected chi connectivity index (χ3v) is 4.33. The number of nitrogens with zero attached hydrogens (tertiary/aromatic N) is 4. The predicted molar refractivity (Wildman–Crippen MR) is 82.9 cm³/mol. The van der Waals surface area contributed by atoms with E-state index in [9.17, 15) is 0 Å². The zero-order chi connectivity index (χ0) is 14.4. The van der Waals surface area contributed by atoms with Crippen molar-refractivity contribution in [2.24, 2.45) is 0 Å². The standard InChI is InChI=1S/C15H12N4OS/c1-9-3-6-14-16-12(8-19(14)18-9)15-17-11-7-10(20-2)4-5-13(11)21-15/h3-8H,1-2H3. The monoisotopic (exact) mass is 296 g/mol. The molecule has 0 saturated carbocycles. The number of methoxy groups -OCH3 is 1. The quantitative estimate of drug-likeness (QED) is 0.569. The molecular weight excluding hydrogens is 284 g/mol. The van der Waals surface area contributed by atoms with E-state index in [0.29, 0.717) is 0 Å². The minimum absolute atomic E-state index is 0.812. The Kier molecular flexibility index (Phi) is 2.65. The summed E-state index contributed by atoms with van der Waals surface area (Å²) in [5.41, 5.74) is 3.55. The van der Waals surface area contributed by atoms with Crippen LogP contribution in [0.1, 0.15) is 5.69 Å². The summed E-state index contributed by atoms with van der Waals surface area (Å²) in [6, 6.07) is 9.82. The summed E-state index contributed by atoms with van der Waals surface area (Å²) in [4.78, 5) is 9.22. The van der Waals surface area contributed by atoms with Gasteiger partial charge >= 0.3 is 0 Å². The van der Waals surface area contributed by atoms with E-state index < -0.39 is 0 Å². The van der Waals surface area contributed by atoms with Gasteiger partial charge in [-0.2, -0.15) is 5.10 Å². The van der Waals surface area contributed by atoms with Gasteiger partial charge < -0.3 is 4.74 Å². The van der Waals surface area contributed by atoms with Gasteiger partial charge in [-0.3, -0.25) is 0 Å². The smallest absolute Gasteiger partial charge is 0.154 e. The molecule has 0 fully saturated rings. The van der Waals surface area contributed by atoms with Crippen molar-refractivity contribution in [3.05, 3.63) is 42.2 Å². The van der Waals surface area contributed by atoms with Gasteiger partial charge in [0.15, 0.2) is 5.65 Å². The molecule has 0 N–H and O–H groups in total. The van der Waals surface area contributed by atoms with Crippen LogP contribution in [0.15, 0.2) is 36.5 Å². The highest BCUT2D eigenvalue weighted by atomic mass is 32.1. The zero-order valence-electron chi connectivity index (χ0n) is 11.6. The number of benzene rings is 1. The summed E-state index contributed by atoms with van der Waals surface area (Å²) in [6.45, 7) is 1.96. The number of imidazole rings is 1. The van der Waals surface area contributed by atoms with E-state index in [0.717, 1.165) is 38.0 Å². The molecule has 3 aromatic heterocycles. The van der Waals surface area contributed by atoms with Crippen LogP contribution in [0.5, 0.6) is 5.75 Å². The average Bonchev–Trinajstić information content (AvgIpc) is 3.08. The van der Waals surface area contributed by atoms with E-state index in [1.807, 2.05) is 43.5 Å². The Balaban J connectivity index is 1.87. The molecule has 0 radical (unpaired) electrons. The van der Waals surface area contributed by atoms with Crippen molar-refractivity contribution in [1.29, 1.82) is 0 Å². The van der Waals surface area contributed by atoms with Crippen molar-refractivity contribution in [3.63, 3.8) is 0 Å². The molecular formula is C15H12N4OS. The summed E-state index contributed by atoms with van der Waals surface area (Å²) in [6.07, 6.45) is 1.91. The van der Waals surface area contributed by atoms with Gasteiger partial charge in [-0.05, 0) is 31.2 Å². The maximum Gasteiger partial charge on any atom is 0.154 e. The molecule has 21 heavy (non-hydrogen) atoms. The average molecular weight is 296 g/mol. The second-order valence-corrected chi connectivity index (χ2v) is 5.79. The van der Waals surface area contributed by atoms with Gasteiger partial charge in [-0.15, -0.1) is 11.3 Å². The number of aryl methyl sites for hydroxylation is 1. The summed E-state index contributed by atoms with van der Waals surface area (Å²) in [7, 11) is 1.66. The Hall–Kier alpha value is -2.47. The topological polar surface area (TPSA) is 52.3 Å². The van der Waals surface area contributed by atoms with Crippen LogP contribution in [0.25, 0.3) is 26.6 Å². The number of thiazole rings is 1. The molecule has 0 atom stereocenters. The van der Waals surface area contributed by atoms with Gasteiger partial charge in [-0.25, -0.2) is 14.5 Å². The molecule has 0 saturated heterocycles. The van der Waals surface area contributed by atoms with E-state index in [-0.39, 0.29) is 0 Å². The fraction of sp³-hybridized carbons (Fsp3) is 0.133. The largest absolute Gasteiger partial charge is 0.497 e. The number of hydrogen-bond acceptors (Lipinski definition) is 5. The van der Waals surface area contributed by atoms with Crippen molar-refractivity contribution in [3.8, 4) is 16.5 Å². The van der Waals surface area contributed by atoms with Gasteiger partial charge in [-0.1, -0.05) is 0 Å². The minimum Gasteiger partial charge on any atom is -0.497 e. The summed E-state index contributed by atoms with van der Waals surface area (Å²) < 4.78 is 8.14. The molecule has 6 heteroatoms. The molecule has 0 bridgehead atoms. The Labute approximate surface area is 124 Å². The van der Waals surface area contributed by atoms with Crippen molar-refractivity contribution in [1.82, 2.24) is 19.6 Å². The molecule has 0 amide bonds. The van der Waals surface area contributed by atoms with Crippen LogP contribution in [0.4, 0.5) is 0 Å². The first-order valence-corrected chi connectivity index (χ1v) is 7.32. The van der Waals surface area contributed by atoms with Crippen molar-refractivity contribution < 1.29 is 4.74 Å². The van der Waals surface area contributed by atoms with Crippen LogP contribution < -0.4 is 4.74 Å². The van der Waals surface area contributed by atoms with Gasteiger partial charge in [0.1, 0.15) is 16.5 Å². The zero-order valence-corrected chi connectivity index (χ0v) is 12.4. The normalized spacial score (nSPS) is 11.3. The van der Waals surface area contributed by atoms with Crippen LogP contribution in [0.3, 0.4) is 0 Å². The van der Waals surface area contributed by atoms with Gasteiger partial charge in [0, 0.05) is 6.07 Å². The molecule has 5 nitrogen and oxygen atoms in total. The molecule has 104 valence electrons. The SMILES string of the molecule is COc1ccc2sc(-c3cn4nc(C)ccc4n3)nc2c1. The second kappa shape index (κ2) is 4.53. The Morgan fingerprint density at radius 1 is 1.14 bits per heavy atom. The first kappa shape index (κ1) is 12.3. The number of ether oxygens (including phenoxy) is 1. The first-order chi connectivity index (χ1) is 10.2. The predicted octanol–water partition coefficient (Wildman–Crippen LogP) is 3.32. The van der Waals surface area contributed by atoms with Crippen LogP contribution in [-0.2, 0) is 0 Å². The highest BCUT2D eigenvalue weighted by molar-refractivity contribution is 7.21. The van der Waals surface area contributed by atoms with E-state index in [1.54, 1.807) is 23.0 Å². The molecule has 0 aliphatic heterocycles. The van der Waals surface area contributed by atoms with Crippen LogP contribution >= 0.6 is 11.3 Å². The van der Waals surface area contributed by atoms with Gasteiger partial charge in [0.25, 0.3) is 0 Å². The summed E-state index contributed by atoms with van der Waals surface area (Å²) in [5.74, 6) is 0.812. The van der Waals surface area contributed by atoms with E-state index in [2.05, 4.69) is 15.1 Å². The Bertz CT molecular complexity index is 957. The Morgan fingerprint density at radius 2 is 2.05 bits per heavy atom. The van der Waals surface area contributed by atoms with E-state index in [4.69, 9.17) is 4.74 Å². The molecule has 4 rings (SSSR count). The molecule has 0 aliphatic rings. The van der Waals surface area contributed by atoms with Crippen LogP contribution in [-0.4, -0.2) is 26.7 Å². The summed E-state index contributed by atoms with van der Waals surface area (Å²) >= 11 is 1.62. The Morgan fingerprint density at radius 3 is 2.90 bits per heavy atom. The van der Waals surface area contributed by atoms with Crippen LogP contribution in [0.2, 0.25) is 0 Å². The molecule has 0 unspecified atom stereocenters. The van der Waals surface area contributed by atoms with Crippen molar-refractivity contribution in [2.75, 3.05) is 7.11 Å². The fourth-order valence-electron chi connectivity index (χ4n) is 2.22. The molecule has 0 spiro atoms. The number of hydrogen-bond donors (Lipinski definition) is 0. The third kappa shape index (κ3) is 2.04. The molecule has 0 aliphatic carbocycles. The lowest BCUT2D eigenvalue weighted by molar-refractivity contribution is 0.415. The van der Waals surface area contributed by atoms with Crippen molar-refractivity contribution >= 4 is 27.2 Å². The highest BCUT2D eigenvalue weighted by Crippen LogP contribution is 2.31. The lowest BCUT2D eigenvalue weighted by atomic mass is 10.3. The molecule has 1 aromatic carbocycles. The summed E-state index contributed by atoms with van der Waals surface area (Å²) in [5, 5.41) is 5.30. The minimum atomic E-state index is 0.812. The maximum atomic E-state index is 5.23. The van der Waals surface area contributed by atoms with Crippen LogP contribution in [0, 0.1) is 6.92 Å². The van der Waals surface area contributed by atoms with Gasteiger partial charge in [0.05, 0.1) is 29.2 Å². The lowest BCUT2D eigenvalue weighted by Crippen LogP contribution is -1.91. The van der Waals surface area contributed by atoms with Gasteiger partial charge in [0.2, 0.25) is 0 Å². The highest BCUT2D eigenvalue weighted by Gasteiger charge is 2.11. The molecule has 3 heterocycles.